The van der Waals surface area contributed by atoms with Crippen LogP contribution in [-0.2, 0) is 0 Å². The maximum atomic E-state index is 12.5. The van der Waals surface area contributed by atoms with Gasteiger partial charge in [-0.15, -0.1) is 0 Å². The summed E-state index contributed by atoms with van der Waals surface area (Å²) in [6.07, 6.45) is 5.77. The summed E-state index contributed by atoms with van der Waals surface area (Å²) in [7, 11) is 6.51. The Bertz CT molecular complexity index is 516. The van der Waals surface area contributed by atoms with Gasteiger partial charge in [0, 0.05) is 25.2 Å². The number of methoxy groups -OCH3 is 3. The van der Waals surface area contributed by atoms with E-state index < -0.39 is 0 Å². The van der Waals surface area contributed by atoms with E-state index in [0.29, 0.717) is 29.0 Å². The number of carbonyl (C=O) groups excluding carboxylic acids is 1. The van der Waals surface area contributed by atoms with Gasteiger partial charge < -0.3 is 24.4 Å². The van der Waals surface area contributed by atoms with Gasteiger partial charge in [0.2, 0.25) is 5.75 Å². The number of anilines is 1. The van der Waals surface area contributed by atoms with Crippen LogP contribution in [0.25, 0.3) is 0 Å². The number of ether oxygens (including phenoxy) is 3. The largest absolute Gasteiger partial charge is 0.493 e. The zero-order valence-electron chi connectivity index (χ0n) is 14.3. The molecule has 2 amide bonds. The minimum atomic E-state index is -0.119. The molecule has 2 rings (SSSR count). The lowest BCUT2D eigenvalue weighted by Gasteiger charge is -2.31. The summed E-state index contributed by atoms with van der Waals surface area (Å²) in [5.41, 5.74) is 0.618. The second-order valence-electron chi connectivity index (χ2n) is 5.75. The maximum absolute atomic E-state index is 12.5. The quantitative estimate of drug-likeness (QED) is 0.901. The van der Waals surface area contributed by atoms with Crippen molar-refractivity contribution in [2.45, 2.75) is 38.1 Å². The second kappa shape index (κ2) is 7.94. The van der Waals surface area contributed by atoms with Crippen LogP contribution in [0, 0.1) is 0 Å². The van der Waals surface area contributed by atoms with E-state index in [1.165, 1.54) is 19.3 Å². The maximum Gasteiger partial charge on any atom is 0.321 e. The SMILES string of the molecule is COc1cc(NC(=O)N(C)C2CCCCC2)cc(OC)c1OC. The van der Waals surface area contributed by atoms with Gasteiger partial charge >= 0.3 is 6.03 Å². The van der Waals surface area contributed by atoms with Crippen LogP contribution in [0.5, 0.6) is 17.2 Å². The number of benzene rings is 1. The van der Waals surface area contributed by atoms with Gasteiger partial charge in [0.25, 0.3) is 0 Å². The standard InChI is InChI=1S/C17H26N2O4/c1-19(13-8-6-5-7-9-13)17(20)18-12-10-14(21-2)16(23-4)15(11-12)22-3/h10-11,13H,5-9H2,1-4H3,(H,18,20). The fourth-order valence-electron chi connectivity index (χ4n) is 3.00. The molecule has 1 saturated carbocycles. The number of nitrogens with zero attached hydrogens (tertiary/aromatic N) is 1. The number of hydrogen-bond donors (Lipinski definition) is 1. The molecular formula is C17H26N2O4. The summed E-state index contributed by atoms with van der Waals surface area (Å²) in [5.74, 6) is 1.54. The first-order chi connectivity index (χ1) is 11.1. The van der Waals surface area contributed by atoms with Crippen LogP contribution in [0.2, 0.25) is 0 Å². The Morgan fingerprint density at radius 3 is 2.09 bits per heavy atom. The summed E-state index contributed by atoms with van der Waals surface area (Å²) < 4.78 is 15.9. The normalized spacial score (nSPS) is 15.0. The monoisotopic (exact) mass is 322 g/mol. The molecule has 1 fully saturated rings. The Kier molecular flexibility index (Phi) is 5.96. The van der Waals surface area contributed by atoms with Gasteiger partial charge in [-0.25, -0.2) is 4.79 Å². The summed E-state index contributed by atoms with van der Waals surface area (Å²) in [4.78, 5) is 14.3. The highest BCUT2D eigenvalue weighted by Gasteiger charge is 2.23. The number of rotatable bonds is 5. The fraction of sp³-hybridized carbons (Fsp3) is 0.588. The predicted octanol–water partition coefficient (Wildman–Crippen LogP) is 3.51. The first kappa shape index (κ1) is 17.2. The lowest BCUT2D eigenvalue weighted by Crippen LogP contribution is -2.40. The molecule has 1 aromatic rings. The van der Waals surface area contributed by atoms with Crippen molar-refractivity contribution in [3.63, 3.8) is 0 Å². The van der Waals surface area contributed by atoms with E-state index in [1.54, 1.807) is 38.4 Å². The van der Waals surface area contributed by atoms with Crippen molar-refractivity contribution in [3.8, 4) is 17.2 Å². The van der Waals surface area contributed by atoms with Crippen molar-refractivity contribution in [1.29, 1.82) is 0 Å². The molecule has 23 heavy (non-hydrogen) atoms. The Labute approximate surface area is 137 Å². The first-order valence-electron chi connectivity index (χ1n) is 7.94. The molecular weight excluding hydrogens is 296 g/mol. The highest BCUT2D eigenvalue weighted by atomic mass is 16.5. The Hall–Kier alpha value is -2.11. The molecule has 6 nitrogen and oxygen atoms in total. The number of urea groups is 1. The van der Waals surface area contributed by atoms with Crippen LogP contribution < -0.4 is 19.5 Å². The van der Waals surface area contributed by atoms with E-state index >= 15 is 0 Å². The molecule has 1 aromatic carbocycles. The zero-order valence-corrected chi connectivity index (χ0v) is 14.3. The van der Waals surface area contributed by atoms with Crippen molar-refractivity contribution in [2.24, 2.45) is 0 Å². The van der Waals surface area contributed by atoms with E-state index in [2.05, 4.69) is 5.32 Å². The fourth-order valence-corrected chi connectivity index (χ4v) is 3.00. The van der Waals surface area contributed by atoms with Crippen molar-refractivity contribution < 1.29 is 19.0 Å². The van der Waals surface area contributed by atoms with Crippen molar-refractivity contribution >= 4 is 11.7 Å². The first-order valence-corrected chi connectivity index (χ1v) is 7.94. The van der Waals surface area contributed by atoms with Gasteiger partial charge in [0.05, 0.1) is 27.0 Å². The van der Waals surface area contributed by atoms with E-state index in [1.807, 2.05) is 7.05 Å². The summed E-state index contributed by atoms with van der Waals surface area (Å²) >= 11 is 0. The molecule has 0 saturated heterocycles. The Morgan fingerprint density at radius 2 is 1.61 bits per heavy atom. The van der Waals surface area contributed by atoms with Gasteiger partial charge in [-0.3, -0.25) is 0 Å². The van der Waals surface area contributed by atoms with E-state index in [-0.39, 0.29) is 6.03 Å². The lowest BCUT2D eigenvalue weighted by atomic mass is 9.95. The zero-order chi connectivity index (χ0) is 16.8. The van der Waals surface area contributed by atoms with Crippen LogP contribution in [0.3, 0.4) is 0 Å². The smallest absolute Gasteiger partial charge is 0.321 e. The molecule has 128 valence electrons. The van der Waals surface area contributed by atoms with Gasteiger partial charge in [0.1, 0.15) is 0 Å². The van der Waals surface area contributed by atoms with E-state index in [9.17, 15) is 4.79 Å². The molecule has 0 radical (unpaired) electrons. The molecule has 1 aliphatic rings. The molecule has 0 heterocycles. The molecule has 6 heteroatoms. The predicted molar refractivity (Wildman–Crippen MR) is 89.8 cm³/mol. The minimum Gasteiger partial charge on any atom is -0.493 e. The molecule has 0 unspecified atom stereocenters. The molecule has 0 atom stereocenters. The van der Waals surface area contributed by atoms with Crippen molar-refractivity contribution in [3.05, 3.63) is 12.1 Å². The average molecular weight is 322 g/mol. The molecule has 1 N–H and O–H groups in total. The third-order valence-electron chi connectivity index (χ3n) is 4.36. The van der Waals surface area contributed by atoms with Crippen LogP contribution in [0.4, 0.5) is 10.5 Å². The molecule has 0 spiro atoms. The van der Waals surface area contributed by atoms with Crippen LogP contribution >= 0.6 is 0 Å². The number of nitrogens with one attached hydrogen (secondary N) is 1. The molecule has 0 bridgehead atoms. The molecule has 0 aliphatic heterocycles. The van der Waals surface area contributed by atoms with Crippen molar-refractivity contribution in [1.82, 2.24) is 4.90 Å². The van der Waals surface area contributed by atoms with Crippen LogP contribution in [-0.4, -0.2) is 45.3 Å². The second-order valence-corrected chi connectivity index (χ2v) is 5.75. The molecule has 1 aliphatic carbocycles. The van der Waals surface area contributed by atoms with Crippen molar-refractivity contribution in [2.75, 3.05) is 33.7 Å². The number of carbonyl (C=O) groups is 1. The lowest BCUT2D eigenvalue weighted by molar-refractivity contribution is 0.186. The Balaban J connectivity index is 2.13. The van der Waals surface area contributed by atoms with E-state index in [0.717, 1.165) is 12.8 Å². The summed E-state index contributed by atoms with van der Waals surface area (Å²) in [6.45, 7) is 0. The topological polar surface area (TPSA) is 60.0 Å². The highest BCUT2D eigenvalue weighted by molar-refractivity contribution is 5.90. The highest BCUT2D eigenvalue weighted by Crippen LogP contribution is 2.40. The summed E-state index contributed by atoms with van der Waals surface area (Å²) in [5, 5.41) is 2.91. The number of amides is 2. The summed E-state index contributed by atoms with van der Waals surface area (Å²) in [6, 6.07) is 3.65. The van der Waals surface area contributed by atoms with Crippen LogP contribution in [0.1, 0.15) is 32.1 Å². The van der Waals surface area contributed by atoms with Gasteiger partial charge in [0.15, 0.2) is 11.5 Å². The van der Waals surface area contributed by atoms with Gasteiger partial charge in [-0.2, -0.15) is 0 Å². The molecule has 0 aromatic heterocycles. The Morgan fingerprint density at radius 1 is 1.04 bits per heavy atom. The van der Waals surface area contributed by atoms with Gasteiger partial charge in [-0.05, 0) is 12.8 Å². The minimum absolute atomic E-state index is 0.119. The number of hydrogen-bond acceptors (Lipinski definition) is 4. The average Bonchev–Trinajstić information content (AvgIpc) is 2.60. The third kappa shape index (κ3) is 4.00. The van der Waals surface area contributed by atoms with E-state index in [4.69, 9.17) is 14.2 Å². The van der Waals surface area contributed by atoms with Crippen LogP contribution in [0.15, 0.2) is 12.1 Å². The van der Waals surface area contributed by atoms with Gasteiger partial charge in [-0.1, -0.05) is 19.3 Å². The third-order valence-corrected chi connectivity index (χ3v) is 4.36.